The summed E-state index contributed by atoms with van der Waals surface area (Å²) >= 11 is 3.57. The van der Waals surface area contributed by atoms with E-state index >= 15 is 0 Å². The molecule has 0 amide bonds. The molecule has 1 fully saturated rings. The molecule has 4 heteroatoms. The number of methoxy groups -OCH3 is 1. The molecule has 0 saturated carbocycles. The predicted octanol–water partition coefficient (Wildman–Crippen LogP) is 2.51. The van der Waals surface area contributed by atoms with E-state index in [1.807, 2.05) is 18.2 Å². The lowest BCUT2D eigenvalue weighted by Crippen LogP contribution is -2.53. The van der Waals surface area contributed by atoms with Crippen LogP contribution in [0.2, 0.25) is 0 Å². The number of ether oxygens (including phenoxy) is 2. The maximum atomic E-state index is 6.39. The van der Waals surface area contributed by atoms with Crippen LogP contribution < -0.4 is 5.73 Å². The highest BCUT2D eigenvalue weighted by atomic mass is 79.9. The van der Waals surface area contributed by atoms with Gasteiger partial charge >= 0.3 is 0 Å². The minimum absolute atomic E-state index is 0.00917. The average molecular weight is 314 g/mol. The Morgan fingerprint density at radius 2 is 2.06 bits per heavy atom. The van der Waals surface area contributed by atoms with Gasteiger partial charge in [0.2, 0.25) is 0 Å². The zero-order valence-electron chi connectivity index (χ0n) is 10.7. The Kier molecular flexibility index (Phi) is 4.78. The van der Waals surface area contributed by atoms with Gasteiger partial charge in [-0.1, -0.05) is 34.1 Å². The third kappa shape index (κ3) is 2.94. The number of hydrogen-bond acceptors (Lipinski definition) is 3. The predicted molar refractivity (Wildman–Crippen MR) is 75.6 cm³/mol. The summed E-state index contributed by atoms with van der Waals surface area (Å²) in [5, 5.41) is 0. The highest BCUT2D eigenvalue weighted by Crippen LogP contribution is 2.30. The van der Waals surface area contributed by atoms with Crippen LogP contribution in [-0.4, -0.2) is 32.0 Å². The van der Waals surface area contributed by atoms with E-state index in [1.54, 1.807) is 7.11 Å². The maximum absolute atomic E-state index is 6.39. The zero-order valence-corrected chi connectivity index (χ0v) is 12.3. The molecule has 2 N–H and O–H groups in total. The third-order valence-corrected chi connectivity index (χ3v) is 4.59. The van der Waals surface area contributed by atoms with E-state index in [1.165, 1.54) is 5.56 Å². The molecule has 18 heavy (non-hydrogen) atoms. The first-order valence-corrected chi connectivity index (χ1v) is 7.09. The Morgan fingerprint density at radius 1 is 1.39 bits per heavy atom. The van der Waals surface area contributed by atoms with E-state index in [9.17, 15) is 0 Å². The van der Waals surface area contributed by atoms with E-state index in [-0.39, 0.29) is 11.6 Å². The maximum Gasteiger partial charge on any atom is 0.0875 e. The van der Waals surface area contributed by atoms with Crippen molar-refractivity contribution >= 4 is 15.9 Å². The molecule has 0 aliphatic carbocycles. The van der Waals surface area contributed by atoms with Gasteiger partial charge in [0.1, 0.15) is 0 Å². The molecule has 0 bridgehead atoms. The molecule has 0 radical (unpaired) electrons. The molecule has 1 unspecified atom stereocenters. The van der Waals surface area contributed by atoms with Crippen molar-refractivity contribution in [3.8, 4) is 0 Å². The molecule has 0 aromatic heterocycles. The van der Waals surface area contributed by atoms with Crippen molar-refractivity contribution in [3.63, 3.8) is 0 Å². The molecular weight excluding hydrogens is 294 g/mol. The first kappa shape index (κ1) is 14.0. The summed E-state index contributed by atoms with van der Waals surface area (Å²) in [6, 6.07) is 8.19. The molecule has 1 aliphatic rings. The van der Waals surface area contributed by atoms with Crippen LogP contribution in [0.3, 0.4) is 0 Å². The summed E-state index contributed by atoms with van der Waals surface area (Å²) in [4.78, 5) is 0. The molecule has 1 atom stereocenters. The lowest BCUT2D eigenvalue weighted by molar-refractivity contribution is -0.103. The van der Waals surface area contributed by atoms with Crippen LogP contribution in [0.5, 0.6) is 0 Å². The van der Waals surface area contributed by atoms with Gasteiger partial charge in [-0.15, -0.1) is 0 Å². The fourth-order valence-corrected chi connectivity index (χ4v) is 2.98. The van der Waals surface area contributed by atoms with Gasteiger partial charge in [0.05, 0.1) is 5.60 Å². The van der Waals surface area contributed by atoms with E-state index in [0.717, 1.165) is 36.9 Å². The quantitative estimate of drug-likeness (QED) is 0.929. The van der Waals surface area contributed by atoms with Crippen LogP contribution in [0.1, 0.15) is 18.4 Å². The van der Waals surface area contributed by atoms with Crippen molar-refractivity contribution in [2.24, 2.45) is 5.73 Å². The Bertz CT molecular complexity index is 391. The molecule has 1 aromatic rings. The van der Waals surface area contributed by atoms with Crippen LogP contribution in [-0.2, 0) is 15.9 Å². The van der Waals surface area contributed by atoms with E-state index in [4.69, 9.17) is 15.2 Å². The fraction of sp³-hybridized carbons (Fsp3) is 0.571. The lowest BCUT2D eigenvalue weighted by Gasteiger charge is -2.40. The first-order valence-electron chi connectivity index (χ1n) is 6.30. The van der Waals surface area contributed by atoms with Gasteiger partial charge in [-0.05, 0) is 18.1 Å². The molecule has 1 aromatic carbocycles. The molecule has 2 rings (SSSR count). The summed E-state index contributed by atoms with van der Waals surface area (Å²) in [5.74, 6) is 0. The number of rotatable bonds is 4. The first-order chi connectivity index (χ1) is 8.68. The Balaban J connectivity index is 2.10. The molecule has 1 aliphatic heterocycles. The number of halogens is 1. The Morgan fingerprint density at radius 3 is 2.67 bits per heavy atom. The average Bonchev–Trinajstić information content (AvgIpc) is 2.42. The summed E-state index contributed by atoms with van der Waals surface area (Å²) < 4.78 is 12.2. The highest BCUT2D eigenvalue weighted by molar-refractivity contribution is 9.10. The number of benzene rings is 1. The largest absolute Gasteiger partial charge is 0.381 e. The summed E-state index contributed by atoms with van der Waals surface area (Å²) in [5.41, 5.74) is 7.38. The van der Waals surface area contributed by atoms with Gasteiger partial charge in [-0.2, -0.15) is 0 Å². The standard InChI is InChI=1S/C14H20BrNO2/c1-17-14(6-8-18-9-7-14)13(16)10-11-4-2-3-5-12(11)15/h2-5,13H,6-10,16H2,1H3. The summed E-state index contributed by atoms with van der Waals surface area (Å²) in [6.45, 7) is 1.47. The van der Waals surface area contributed by atoms with Crippen LogP contribution >= 0.6 is 15.9 Å². The smallest absolute Gasteiger partial charge is 0.0875 e. The van der Waals surface area contributed by atoms with Gasteiger partial charge in [-0.25, -0.2) is 0 Å². The number of hydrogen-bond donors (Lipinski definition) is 1. The Hall–Kier alpha value is -0.420. The van der Waals surface area contributed by atoms with E-state index in [2.05, 4.69) is 22.0 Å². The van der Waals surface area contributed by atoms with Crippen molar-refractivity contribution in [2.45, 2.75) is 30.9 Å². The van der Waals surface area contributed by atoms with E-state index < -0.39 is 0 Å². The molecule has 1 saturated heterocycles. The highest BCUT2D eigenvalue weighted by Gasteiger charge is 2.38. The van der Waals surface area contributed by atoms with Crippen LogP contribution in [0, 0.1) is 0 Å². The van der Waals surface area contributed by atoms with Gasteiger partial charge in [0, 0.05) is 43.7 Å². The second kappa shape index (κ2) is 6.15. The summed E-state index contributed by atoms with van der Waals surface area (Å²) in [7, 11) is 1.76. The molecule has 0 spiro atoms. The zero-order chi connectivity index (χ0) is 13.0. The van der Waals surface area contributed by atoms with Crippen LogP contribution in [0.25, 0.3) is 0 Å². The third-order valence-electron chi connectivity index (χ3n) is 3.82. The molecule has 100 valence electrons. The van der Waals surface area contributed by atoms with Crippen molar-refractivity contribution in [1.82, 2.24) is 0 Å². The second-order valence-electron chi connectivity index (χ2n) is 4.78. The van der Waals surface area contributed by atoms with Crippen molar-refractivity contribution in [3.05, 3.63) is 34.3 Å². The fourth-order valence-electron chi connectivity index (χ4n) is 2.53. The normalized spacial score (nSPS) is 20.6. The van der Waals surface area contributed by atoms with Gasteiger partial charge in [0.15, 0.2) is 0 Å². The second-order valence-corrected chi connectivity index (χ2v) is 5.64. The number of nitrogens with two attached hydrogens (primary N) is 1. The molecular formula is C14H20BrNO2. The van der Waals surface area contributed by atoms with Crippen molar-refractivity contribution < 1.29 is 9.47 Å². The van der Waals surface area contributed by atoms with Gasteiger partial charge in [-0.3, -0.25) is 0 Å². The monoisotopic (exact) mass is 313 g/mol. The van der Waals surface area contributed by atoms with Crippen LogP contribution in [0.15, 0.2) is 28.7 Å². The lowest BCUT2D eigenvalue weighted by atomic mass is 9.83. The van der Waals surface area contributed by atoms with Crippen molar-refractivity contribution in [2.75, 3.05) is 20.3 Å². The minimum Gasteiger partial charge on any atom is -0.381 e. The molecule has 3 nitrogen and oxygen atoms in total. The summed E-state index contributed by atoms with van der Waals surface area (Å²) in [6.07, 6.45) is 2.56. The van der Waals surface area contributed by atoms with Gasteiger partial charge in [0.25, 0.3) is 0 Å². The topological polar surface area (TPSA) is 44.5 Å². The van der Waals surface area contributed by atoms with Gasteiger partial charge < -0.3 is 15.2 Å². The SMILES string of the molecule is COC1(C(N)Cc2ccccc2Br)CCOCC1. The van der Waals surface area contributed by atoms with Crippen LogP contribution in [0.4, 0.5) is 0 Å². The Labute approximate surface area is 117 Å². The minimum atomic E-state index is -0.243. The van der Waals surface area contributed by atoms with Crippen molar-refractivity contribution in [1.29, 1.82) is 0 Å². The van der Waals surface area contributed by atoms with E-state index in [0.29, 0.717) is 0 Å². The molecule has 1 heterocycles.